The zero-order chi connectivity index (χ0) is 16.8. The molecule has 3 heterocycles. The summed E-state index contributed by atoms with van der Waals surface area (Å²) in [6.07, 6.45) is 1.11. The van der Waals surface area contributed by atoms with Gasteiger partial charge in [0.1, 0.15) is 0 Å². The average molecular weight is 349 g/mol. The Labute approximate surface area is 150 Å². The monoisotopic (exact) mass is 349 g/mol. The van der Waals surface area contributed by atoms with Gasteiger partial charge in [-0.15, -0.1) is 11.3 Å². The van der Waals surface area contributed by atoms with Crippen LogP contribution in [0.25, 0.3) is 10.2 Å². The second-order valence-electron chi connectivity index (χ2n) is 6.84. The summed E-state index contributed by atoms with van der Waals surface area (Å²) in [6.45, 7) is 3.72. The van der Waals surface area contributed by atoms with Crippen molar-refractivity contribution in [2.24, 2.45) is 0 Å². The molecule has 126 valence electrons. The summed E-state index contributed by atoms with van der Waals surface area (Å²) in [5.41, 5.74) is 3.82. The van der Waals surface area contributed by atoms with Gasteiger partial charge >= 0.3 is 0 Å². The van der Waals surface area contributed by atoms with E-state index in [-0.39, 0.29) is 5.91 Å². The van der Waals surface area contributed by atoms with E-state index in [1.807, 2.05) is 29.2 Å². The molecular weight excluding hydrogens is 330 g/mol. The highest BCUT2D eigenvalue weighted by Crippen LogP contribution is 2.27. The van der Waals surface area contributed by atoms with Crippen LogP contribution >= 0.6 is 11.3 Å². The van der Waals surface area contributed by atoms with Crippen molar-refractivity contribution >= 4 is 27.5 Å². The lowest BCUT2D eigenvalue weighted by Gasteiger charge is -2.46. The zero-order valence-electron chi connectivity index (χ0n) is 13.9. The van der Waals surface area contributed by atoms with Crippen LogP contribution in [0.3, 0.4) is 0 Å². The second kappa shape index (κ2) is 5.93. The van der Waals surface area contributed by atoms with E-state index in [4.69, 9.17) is 0 Å². The molecular formula is C20H19N3OS. The van der Waals surface area contributed by atoms with Gasteiger partial charge < -0.3 is 4.90 Å². The van der Waals surface area contributed by atoms with Gasteiger partial charge in [0.15, 0.2) is 5.01 Å². The van der Waals surface area contributed by atoms with E-state index in [1.54, 1.807) is 0 Å². The van der Waals surface area contributed by atoms with Crippen molar-refractivity contribution in [1.82, 2.24) is 14.8 Å². The Morgan fingerprint density at radius 2 is 1.80 bits per heavy atom. The predicted molar refractivity (Wildman–Crippen MR) is 99.9 cm³/mol. The summed E-state index contributed by atoms with van der Waals surface area (Å²) in [4.78, 5) is 21.6. The first-order valence-corrected chi connectivity index (χ1v) is 9.55. The molecule has 0 atom stereocenters. The number of nitrogens with zero attached hydrogens (tertiary/aromatic N) is 3. The fourth-order valence-corrected chi connectivity index (χ4v) is 4.71. The van der Waals surface area contributed by atoms with E-state index in [0.717, 1.165) is 42.8 Å². The fraction of sp³-hybridized carbons (Fsp3) is 0.300. The van der Waals surface area contributed by atoms with E-state index in [1.165, 1.54) is 22.5 Å². The average Bonchev–Trinajstić information content (AvgIpc) is 3.04. The highest BCUT2D eigenvalue weighted by atomic mass is 32.1. The first kappa shape index (κ1) is 15.0. The third-order valence-electron chi connectivity index (χ3n) is 5.30. The topological polar surface area (TPSA) is 36.4 Å². The normalized spacial score (nSPS) is 18.2. The van der Waals surface area contributed by atoms with Crippen LogP contribution in [0.5, 0.6) is 0 Å². The van der Waals surface area contributed by atoms with Gasteiger partial charge in [-0.25, -0.2) is 4.98 Å². The predicted octanol–water partition coefficient (Wildman–Crippen LogP) is 3.18. The van der Waals surface area contributed by atoms with Crippen molar-refractivity contribution < 1.29 is 4.79 Å². The number of thiazole rings is 1. The molecule has 1 saturated heterocycles. The first-order valence-electron chi connectivity index (χ1n) is 8.73. The summed E-state index contributed by atoms with van der Waals surface area (Å²) in [6, 6.07) is 17.1. The van der Waals surface area contributed by atoms with E-state index >= 15 is 0 Å². The molecule has 0 radical (unpaired) electrons. The summed E-state index contributed by atoms with van der Waals surface area (Å²) in [5.74, 6) is 0.0786. The van der Waals surface area contributed by atoms with Gasteiger partial charge in [-0.05, 0) is 29.7 Å². The second-order valence-corrected chi connectivity index (χ2v) is 7.87. The molecule has 0 spiro atoms. The van der Waals surface area contributed by atoms with Gasteiger partial charge in [-0.1, -0.05) is 36.4 Å². The molecule has 1 amide bonds. The van der Waals surface area contributed by atoms with Crippen molar-refractivity contribution in [1.29, 1.82) is 0 Å². The number of amides is 1. The summed E-state index contributed by atoms with van der Waals surface area (Å²) >= 11 is 1.49. The van der Waals surface area contributed by atoms with Crippen LogP contribution in [-0.2, 0) is 13.0 Å². The van der Waals surface area contributed by atoms with Crippen molar-refractivity contribution in [3.05, 3.63) is 64.7 Å². The third-order valence-corrected chi connectivity index (χ3v) is 6.33. The Bertz CT molecular complexity index is 912. The van der Waals surface area contributed by atoms with Crippen molar-refractivity contribution in [3.8, 4) is 0 Å². The van der Waals surface area contributed by atoms with Crippen LogP contribution in [0.4, 0.5) is 0 Å². The minimum absolute atomic E-state index is 0.0786. The summed E-state index contributed by atoms with van der Waals surface area (Å²) in [5, 5.41) is 0.614. The van der Waals surface area contributed by atoms with Gasteiger partial charge in [-0.3, -0.25) is 9.69 Å². The van der Waals surface area contributed by atoms with Crippen LogP contribution in [-0.4, -0.2) is 46.4 Å². The minimum Gasteiger partial charge on any atom is -0.333 e. The van der Waals surface area contributed by atoms with Crippen molar-refractivity contribution in [2.75, 3.05) is 19.6 Å². The number of hydrogen-bond donors (Lipinski definition) is 0. The smallest absolute Gasteiger partial charge is 0.282 e. The molecule has 5 heteroatoms. The first-order chi connectivity index (χ1) is 12.3. The quantitative estimate of drug-likeness (QED) is 0.713. The Kier molecular flexibility index (Phi) is 3.57. The van der Waals surface area contributed by atoms with Gasteiger partial charge in [0, 0.05) is 32.2 Å². The number of carbonyl (C=O) groups is 1. The Morgan fingerprint density at radius 3 is 2.64 bits per heavy atom. The van der Waals surface area contributed by atoms with Gasteiger partial charge in [0.25, 0.3) is 5.91 Å². The highest BCUT2D eigenvalue weighted by molar-refractivity contribution is 7.20. The van der Waals surface area contributed by atoms with E-state index < -0.39 is 0 Å². The van der Waals surface area contributed by atoms with Gasteiger partial charge in [-0.2, -0.15) is 0 Å². The van der Waals surface area contributed by atoms with E-state index in [0.29, 0.717) is 11.0 Å². The number of rotatable bonds is 2. The lowest BCUT2D eigenvalue weighted by molar-refractivity contribution is 0.0218. The molecule has 1 fully saturated rings. The SMILES string of the molecule is O=C(c1nc2ccccc2s1)N1CC(N2CCc3ccccc3C2)C1. The Morgan fingerprint density at radius 1 is 1.04 bits per heavy atom. The molecule has 0 bridgehead atoms. The van der Waals surface area contributed by atoms with Crippen LogP contribution in [0.15, 0.2) is 48.5 Å². The van der Waals surface area contributed by atoms with Crippen LogP contribution in [0.2, 0.25) is 0 Å². The standard InChI is InChI=1S/C20H19N3OS/c24-20(19-21-17-7-3-4-8-18(17)25-19)23-12-16(13-23)22-10-9-14-5-1-2-6-15(14)11-22/h1-8,16H,9-13H2. The van der Waals surface area contributed by atoms with E-state index in [9.17, 15) is 4.79 Å². The number of aromatic nitrogens is 1. The number of carbonyl (C=O) groups excluding carboxylic acids is 1. The minimum atomic E-state index is 0.0786. The number of likely N-dealkylation sites (tertiary alicyclic amines) is 1. The molecule has 1 aromatic heterocycles. The van der Waals surface area contributed by atoms with Crippen LogP contribution in [0.1, 0.15) is 20.9 Å². The molecule has 5 rings (SSSR count). The largest absolute Gasteiger partial charge is 0.333 e. The molecule has 0 saturated carbocycles. The Hall–Kier alpha value is -2.24. The third kappa shape index (κ3) is 2.64. The van der Waals surface area contributed by atoms with Crippen molar-refractivity contribution in [3.63, 3.8) is 0 Å². The maximum atomic E-state index is 12.7. The molecule has 2 aliphatic rings. The number of fused-ring (bicyclic) bond motifs is 2. The Balaban J connectivity index is 1.25. The molecule has 2 aromatic carbocycles. The lowest BCUT2D eigenvalue weighted by Crippen LogP contribution is -2.61. The van der Waals surface area contributed by atoms with Crippen LogP contribution in [0, 0.1) is 0 Å². The highest BCUT2D eigenvalue weighted by Gasteiger charge is 2.37. The molecule has 25 heavy (non-hydrogen) atoms. The molecule has 0 unspecified atom stereocenters. The molecule has 0 aliphatic carbocycles. The summed E-state index contributed by atoms with van der Waals surface area (Å²) in [7, 11) is 0. The van der Waals surface area contributed by atoms with E-state index in [2.05, 4.69) is 34.1 Å². The number of hydrogen-bond acceptors (Lipinski definition) is 4. The van der Waals surface area contributed by atoms with Crippen LogP contribution < -0.4 is 0 Å². The molecule has 3 aromatic rings. The maximum absolute atomic E-state index is 12.7. The number of para-hydroxylation sites is 1. The maximum Gasteiger partial charge on any atom is 0.282 e. The number of benzene rings is 2. The van der Waals surface area contributed by atoms with Crippen molar-refractivity contribution in [2.45, 2.75) is 19.0 Å². The fourth-order valence-electron chi connectivity index (χ4n) is 3.78. The molecule has 0 N–H and O–H groups in total. The van der Waals surface area contributed by atoms with Gasteiger partial charge in [0.05, 0.1) is 10.2 Å². The zero-order valence-corrected chi connectivity index (χ0v) is 14.7. The molecule has 2 aliphatic heterocycles. The lowest BCUT2D eigenvalue weighted by atomic mass is 9.96. The molecule has 4 nitrogen and oxygen atoms in total. The van der Waals surface area contributed by atoms with Gasteiger partial charge in [0.2, 0.25) is 0 Å². The summed E-state index contributed by atoms with van der Waals surface area (Å²) < 4.78 is 1.08.